The molecule has 1 aliphatic heterocycles. The predicted molar refractivity (Wildman–Crippen MR) is 86.9 cm³/mol. The molecule has 1 amide bonds. The highest BCUT2D eigenvalue weighted by atomic mass is 32.2. The zero-order valence-electron chi connectivity index (χ0n) is 13.3. The van der Waals surface area contributed by atoms with Gasteiger partial charge in [0.1, 0.15) is 11.4 Å². The molecule has 1 aromatic carbocycles. The van der Waals surface area contributed by atoms with Crippen molar-refractivity contribution in [2.45, 2.75) is 31.8 Å². The third kappa shape index (κ3) is 3.40. The van der Waals surface area contributed by atoms with Crippen LogP contribution in [0.25, 0.3) is 0 Å². The molecule has 1 aliphatic rings. The molecule has 0 saturated carbocycles. The number of allylic oxidation sites excluding steroid dienone is 1. The number of nitrogens with one attached hydrogen (secondary N) is 1. The summed E-state index contributed by atoms with van der Waals surface area (Å²) < 4.78 is 35.9. The molecular formula is C15H20FN4O3S-. The molecule has 24 heavy (non-hydrogen) atoms. The molecule has 2 atom stereocenters. The SMILES string of the molecule is CC=C1CCN(NS(=O)[O-])C(C(N)=O)(c2ccc(F)cc2CN)C1. The highest BCUT2D eigenvalue weighted by Gasteiger charge is 2.48. The van der Waals surface area contributed by atoms with Crippen molar-refractivity contribution in [1.29, 1.82) is 0 Å². The van der Waals surface area contributed by atoms with Gasteiger partial charge in [-0.2, -0.15) is 4.83 Å². The third-order valence-electron chi connectivity index (χ3n) is 4.33. The van der Waals surface area contributed by atoms with E-state index >= 15 is 0 Å². The van der Waals surface area contributed by atoms with Gasteiger partial charge in [0.2, 0.25) is 5.91 Å². The van der Waals surface area contributed by atoms with Gasteiger partial charge in [0.15, 0.2) is 0 Å². The van der Waals surface area contributed by atoms with Crippen LogP contribution in [0, 0.1) is 5.82 Å². The standard InChI is InChI=1S/C15H21FN4O3S/c1-2-10-5-6-20(19-24(22)23)15(8-10,14(18)21)13-4-3-12(16)7-11(13)9-17/h2-4,7,19H,5-6,8-9,17H2,1H3,(H2,18,21)(H,22,23)/p-1. The Hall–Kier alpha value is -1.65. The summed E-state index contributed by atoms with van der Waals surface area (Å²) in [6, 6.07) is 3.87. The number of nitrogens with two attached hydrogens (primary N) is 2. The number of hydrogen-bond acceptors (Lipinski definition) is 5. The van der Waals surface area contributed by atoms with Crippen molar-refractivity contribution >= 4 is 17.2 Å². The van der Waals surface area contributed by atoms with Gasteiger partial charge in [-0.25, -0.2) is 9.40 Å². The summed E-state index contributed by atoms with van der Waals surface area (Å²) in [5, 5.41) is 1.29. The number of carbonyl (C=O) groups excluding carboxylic acids is 1. The molecule has 9 heteroatoms. The maximum Gasteiger partial charge on any atom is 0.244 e. The second-order valence-corrected chi connectivity index (χ2v) is 6.23. The molecule has 5 N–H and O–H groups in total. The highest BCUT2D eigenvalue weighted by molar-refractivity contribution is 7.76. The number of rotatable bonds is 5. The fourth-order valence-electron chi connectivity index (χ4n) is 3.15. The van der Waals surface area contributed by atoms with Crippen LogP contribution in [0.15, 0.2) is 29.8 Å². The van der Waals surface area contributed by atoms with E-state index in [1.165, 1.54) is 23.2 Å². The minimum atomic E-state index is -2.63. The van der Waals surface area contributed by atoms with Gasteiger partial charge >= 0.3 is 0 Å². The van der Waals surface area contributed by atoms with Crippen molar-refractivity contribution < 1.29 is 17.9 Å². The maximum atomic E-state index is 13.6. The largest absolute Gasteiger partial charge is 0.759 e. The normalized spacial score (nSPS) is 24.9. The van der Waals surface area contributed by atoms with Gasteiger partial charge < -0.3 is 16.0 Å². The second-order valence-electron chi connectivity index (χ2n) is 5.58. The first kappa shape index (κ1) is 18.7. The van der Waals surface area contributed by atoms with E-state index in [2.05, 4.69) is 4.83 Å². The first-order valence-electron chi connectivity index (χ1n) is 7.41. The average molecular weight is 355 g/mol. The van der Waals surface area contributed by atoms with Crippen LogP contribution in [0.4, 0.5) is 4.39 Å². The summed E-state index contributed by atoms with van der Waals surface area (Å²) in [4.78, 5) is 14.7. The van der Waals surface area contributed by atoms with Crippen LogP contribution < -0.4 is 16.3 Å². The summed E-state index contributed by atoms with van der Waals surface area (Å²) in [6.07, 6.45) is 2.64. The summed E-state index contributed by atoms with van der Waals surface area (Å²) >= 11 is -2.63. The lowest BCUT2D eigenvalue weighted by atomic mass is 9.76. The molecule has 1 saturated heterocycles. The van der Waals surface area contributed by atoms with Gasteiger partial charge in [0.25, 0.3) is 0 Å². The number of carbonyl (C=O) groups is 1. The molecule has 0 bridgehead atoms. The van der Waals surface area contributed by atoms with Crippen LogP contribution in [0.3, 0.4) is 0 Å². The Morgan fingerprint density at radius 3 is 2.83 bits per heavy atom. The van der Waals surface area contributed by atoms with Gasteiger partial charge in [-0.1, -0.05) is 17.7 Å². The van der Waals surface area contributed by atoms with Crippen molar-refractivity contribution in [2.75, 3.05) is 6.54 Å². The quantitative estimate of drug-likeness (QED) is 0.518. The number of benzene rings is 1. The van der Waals surface area contributed by atoms with Crippen molar-refractivity contribution in [2.24, 2.45) is 11.5 Å². The predicted octanol–water partition coefficient (Wildman–Crippen LogP) is 0.306. The Kier molecular flexibility index (Phi) is 5.83. The fourth-order valence-corrected chi connectivity index (χ4v) is 3.57. The minimum Gasteiger partial charge on any atom is -0.759 e. The summed E-state index contributed by atoms with van der Waals surface area (Å²) in [5.41, 5.74) is 11.7. The zero-order valence-corrected chi connectivity index (χ0v) is 14.1. The Morgan fingerprint density at radius 1 is 1.58 bits per heavy atom. The van der Waals surface area contributed by atoms with Gasteiger partial charge in [0.05, 0.1) is 0 Å². The number of primary amides is 1. The second kappa shape index (κ2) is 7.49. The summed E-state index contributed by atoms with van der Waals surface area (Å²) in [7, 11) is 0. The Bertz CT molecular complexity index is 697. The highest BCUT2D eigenvalue weighted by Crippen LogP contribution is 2.40. The van der Waals surface area contributed by atoms with E-state index in [0.717, 1.165) is 5.57 Å². The lowest BCUT2D eigenvalue weighted by Gasteiger charge is -2.46. The summed E-state index contributed by atoms with van der Waals surface area (Å²) in [5.74, 6) is -1.23. The molecule has 0 radical (unpaired) electrons. The Morgan fingerprint density at radius 2 is 2.29 bits per heavy atom. The van der Waals surface area contributed by atoms with Crippen LogP contribution >= 0.6 is 0 Å². The minimum absolute atomic E-state index is 0.0123. The third-order valence-corrected chi connectivity index (χ3v) is 4.70. The van der Waals surface area contributed by atoms with Crippen LogP contribution in [0.1, 0.15) is 30.9 Å². The number of halogens is 1. The smallest absolute Gasteiger partial charge is 0.244 e. The van der Waals surface area contributed by atoms with Gasteiger partial charge in [0, 0.05) is 30.8 Å². The molecule has 0 aromatic heterocycles. The number of hydrazine groups is 1. The molecule has 2 unspecified atom stereocenters. The molecule has 1 heterocycles. The maximum absolute atomic E-state index is 13.6. The van der Waals surface area contributed by atoms with Crippen molar-refractivity contribution in [1.82, 2.24) is 9.84 Å². The number of piperidine rings is 1. The van der Waals surface area contributed by atoms with Crippen LogP contribution in [0.2, 0.25) is 0 Å². The van der Waals surface area contributed by atoms with Crippen molar-refractivity contribution in [3.8, 4) is 0 Å². The van der Waals surface area contributed by atoms with Gasteiger partial charge in [-0.15, -0.1) is 0 Å². The van der Waals surface area contributed by atoms with Gasteiger partial charge in [-0.05, 0) is 36.6 Å². The monoisotopic (exact) mass is 355 g/mol. The molecule has 1 aromatic rings. The fraction of sp³-hybridized carbons (Fsp3) is 0.400. The summed E-state index contributed by atoms with van der Waals surface area (Å²) in [6.45, 7) is 2.07. The molecular weight excluding hydrogens is 335 g/mol. The van der Waals surface area contributed by atoms with E-state index in [0.29, 0.717) is 17.5 Å². The lowest BCUT2D eigenvalue weighted by molar-refractivity contribution is -0.133. The van der Waals surface area contributed by atoms with E-state index in [-0.39, 0.29) is 19.5 Å². The molecule has 1 fully saturated rings. The number of amides is 1. The first-order chi connectivity index (χ1) is 11.3. The van der Waals surface area contributed by atoms with Crippen molar-refractivity contribution in [3.05, 3.63) is 46.8 Å². The van der Waals surface area contributed by atoms with Crippen LogP contribution in [0.5, 0.6) is 0 Å². The van der Waals surface area contributed by atoms with Gasteiger partial charge in [-0.3, -0.25) is 9.00 Å². The van der Waals surface area contributed by atoms with E-state index in [9.17, 15) is 17.9 Å². The van der Waals surface area contributed by atoms with Crippen LogP contribution in [-0.4, -0.2) is 26.2 Å². The topological polar surface area (TPSA) is 125 Å². The molecule has 2 rings (SSSR count). The molecule has 0 aliphatic carbocycles. The zero-order chi connectivity index (χ0) is 17.9. The van der Waals surface area contributed by atoms with Crippen molar-refractivity contribution in [3.63, 3.8) is 0 Å². The molecule has 0 spiro atoms. The Balaban J connectivity index is 2.68. The number of hydrogen-bond donors (Lipinski definition) is 3. The molecule has 7 nitrogen and oxygen atoms in total. The van der Waals surface area contributed by atoms with E-state index in [4.69, 9.17) is 11.5 Å². The lowest BCUT2D eigenvalue weighted by Crippen LogP contribution is -2.63. The van der Waals surface area contributed by atoms with E-state index < -0.39 is 28.5 Å². The first-order valence-corrected chi connectivity index (χ1v) is 8.48. The number of nitrogens with zero attached hydrogens (tertiary/aromatic N) is 1. The molecule has 132 valence electrons. The Labute approximate surface area is 142 Å². The van der Waals surface area contributed by atoms with E-state index in [1.807, 2.05) is 13.0 Å². The average Bonchev–Trinajstić information content (AvgIpc) is 2.54. The van der Waals surface area contributed by atoms with E-state index in [1.54, 1.807) is 0 Å². The van der Waals surface area contributed by atoms with Crippen LogP contribution in [-0.2, 0) is 28.1 Å².